The molecule has 4 aliphatic rings. The molecule has 0 fully saturated rings. The minimum atomic E-state index is -4.90. The molecule has 0 spiro atoms. The fourth-order valence-electron chi connectivity index (χ4n) is 6.62. The second-order valence-electron chi connectivity index (χ2n) is 11.6. The van der Waals surface area contributed by atoms with Crippen LogP contribution in [0.1, 0.15) is 22.3 Å². The summed E-state index contributed by atoms with van der Waals surface area (Å²) in [4.78, 5) is 28.5. The smallest absolute Gasteiger partial charge is 1.00 e. The van der Waals surface area contributed by atoms with E-state index in [-0.39, 0.29) is 158 Å². The molecule has 242 valence electrons. The van der Waals surface area contributed by atoms with Crippen molar-refractivity contribution in [3.63, 3.8) is 0 Å². The van der Waals surface area contributed by atoms with E-state index in [1.165, 1.54) is 36.4 Å². The van der Waals surface area contributed by atoms with Crippen LogP contribution in [0.2, 0.25) is 0 Å². The SMILES string of the molecule is O=S(=O)([O-])c1ccc2c(c1)C1=Nc3c4ccc(S(=O)(=O)[O-])cc4c4[n]3[In]([Cl])[n]3c(c5c[c-]ccc5c3=NC3=NC(=N4)c4cc[c-]cc43)=NC2=N1.[Na+].[Na+].[Na+].[Na+]. The van der Waals surface area contributed by atoms with Gasteiger partial charge < -0.3 is 0 Å². The Bertz CT molecular complexity index is 3150. The number of nitrogens with zero attached hydrogens (tertiary/aromatic N) is 8. The van der Waals surface area contributed by atoms with Crippen molar-refractivity contribution in [2.75, 3.05) is 0 Å². The standard InChI is InChI=1S/C32H14N8O6S2.ClH.In.4Na/c41-47(42,43)15-9-11-21-23(13-15)32-38-29(21)36-27-18-6-2-1-5-17(18)25(34-27)33-26-19-7-3-4-8-20(19)28(35-26)37-31-24-14-16(48(44,45)46)10-12-22(24)30(39-31)40-32;;;;;;/h1,4-14H,(H2-2,33,34,35,36,37,38,39,40,41,42,43,44,45,46);1H;;;;;/q-4;;+3;4*+1/p-3. The Labute approximate surface area is 406 Å². The van der Waals surface area contributed by atoms with Crippen molar-refractivity contribution in [2.24, 2.45) is 30.0 Å². The van der Waals surface area contributed by atoms with Crippen molar-refractivity contribution < 1.29 is 144 Å². The number of aliphatic imine (C=N–C) groups is 4. The number of rotatable bonds is 2. The molecule has 0 unspecified atom stereocenters. The summed E-state index contributed by atoms with van der Waals surface area (Å²) >= 11 is -4.21. The number of hydrogen-bond donors (Lipinski definition) is 0. The maximum absolute atomic E-state index is 12.3. The molecule has 0 N–H and O–H groups in total. The maximum Gasteiger partial charge on any atom is 1.00 e. The number of amidine groups is 4. The van der Waals surface area contributed by atoms with E-state index in [0.717, 1.165) is 0 Å². The van der Waals surface area contributed by atoms with Gasteiger partial charge in [0.15, 0.2) is 0 Å². The zero-order valence-corrected chi connectivity index (χ0v) is 42.4. The molecule has 2 aromatic heterocycles. The van der Waals surface area contributed by atoms with E-state index in [4.69, 9.17) is 38.5 Å². The zero-order valence-electron chi connectivity index (χ0n) is 28.7. The van der Waals surface area contributed by atoms with E-state index in [2.05, 4.69) is 12.1 Å². The van der Waals surface area contributed by atoms with Crippen LogP contribution in [0, 0.1) is 12.1 Å². The first-order valence-electron chi connectivity index (χ1n) is 14.7. The molecule has 54 heavy (non-hydrogen) atoms. The molecule has 0 amide bonds. The van der Waals surface area contributed by atoms with Gasteiger partial charge in [0, 0.05) is 0 Å². The molecule has 0 radical (unpaired) electrons. The molecule has 0 atom stereocenters. The second kappa shape index (κ2) is 15.4. The number of halogens is 1. The first kappa shape index (κ1) is 42.8. The molecule has 10 rings (SSSR count). The average molecular weight is 911 g/mol. The fourth-order valence-corrected chi connectivity index (χ4v) is 15.3. The summed E-state index contributed by atoms with van der Waals surface area (Å²) in [5.74, 6) is 1.26. The molecule has 6 bridgehead atoms. The van der Waals surface area contributed by atoms with Gasteiger partial charge in [0.1, 0.15) is 0 Å². The Hall–Kier alpha value is -0.780. The minimum Gasteiger partial charge on any atom is 1.00 e. The van der Waals surface area contributed by atoms with E-state index in [9.17, 15) is 25.9 Å². The van der Waals surface area contributed by atoms with E-state index >= 15 is 0 Å². The molecule has 0 saturated heterocycles. The first-order chi connectivity index (χ1) is 24.0. The summed E-state index contributed by atoms with van der Waals surface area (Å²) in [6.07, 6.45) is 0. The van der Waals surface area contributed by atoms with E-state index < -0.39 is 50.9 Å². The summed E-state index contributed by atoms with van der Waals surface area (Å²) in [7, 11) is -2.03. The third-order valence-corrected chi connectivity index (χ3v) is 18.3. The van der Waals surface area contributed by atoms with Gasteiger partial charge in [-0.15, -0.1) is 0 Å². The number of benzene rings is 4. The van der Waals surface area contributed by atoms with Crippen LogP contribution in [-0.2, 0) is 20.2 Å². The summed E-state index contributed by atoms with van der Waals surface area (Å²) in [5, 5.41) is 1.96. The third-order valence-electron chi connectivity index (χ3n) is 8.82. The van der Waals surface area contributed by atoms with Crippen LogP contribution in [0.3, 0.4) is 0 Å². The van der Waals surface area contributed by atoms with Gasteiger partial charge >= 0.3 is 413 Å². The van der Waals surface area contributed by atoms with Crippen molar-refractivity contribution in [3.8, 4) is 0 Å². The summed E-state index contributed by atoms with van der Waals surface area (Å²) < 4.78 is 76.7. The van der Waals surface area contributed by atoms with Crippen LogP contribution in [0.5, 0.6) is 0 Å². The van der Waals surface area contributed by atoms with Gasteiger partial charge in [-0.1, -0.05) is 0 Å². The van der Waals surface area contributed by atoms with Crippen molar-refractivity contribution in [1.82, 2.24) is 5.11 Å². The normalized spacial score (nSPS) is 14.6. The molecule has 4 aliphatic heterocycles. The van der Waals surface area contributed by atoms with E-state index in [0.29, 0.717) is 49.7 Å². The van der Waals surface area contributed by atoms with Crippen LogP contribution in [-0.4, -0.2) is 75.2 Å². The van der Waals surface area contributed by atoms with Gasteiger partial charge in [0.25, 0.3) is 0 Å². The minimum absolute atomic E-state index is 0. The fraction of sp³-hybridized carbons (Fsp3) is 0. The molecule has 6 heterocycles. The van der Waals surface area contributed by atoms with Crippen molar-refractivity contribution in [2.45, 2.75) is 9.79 Å². The molecular formula is C32H12ClInN8Na4O6S2. The van der Waals surface area contributed by atoms with Crippen LogP contribution in [0.15, 0.2) is 113 Å². The third kappa shape index (κ3) is 6.66. The van der Waals surface area contributed by atoms with Crippen molar-refractivity contribution in [1.29, 1.82) is 0 Å². The van der Waals surface area contributed by atoms with E-state index in [1.807, 2.05) is 8.62 Å². The Morgan fingerprint density at radius 2 is 1.07 bits per heavy atom. The van der Waals surface area contributed by atoms with Gasteiger partial charge in [-0.2, -0.15) is 0 Å². The topological polar surface area (TPSA) is 198 Å². The van der Waals surface area contributed by atoms with Gasteiger partial charge in [-0.3, -0.25) is 0 Å². The Kier molecular flexibility index (Phi) is 12.2. The van der Waals surface area contributed by atoms with Gasteiger partial charge in [-0.05, 0) is 0 Å². The van der Waals surface area contributed by atoms with Gasteiger partial charge in [0.2, 0.25) is 0 Å². The zero-order chi connectivity index (χ0) is 34.3. The molecule has 0 aliphatic carbocycles. The molecule has 14 nitrogen and oxygen atoms in total. The molecule has 6 aromatic rings. The molecule has 22 heteroatoms. The largest absolute Gasteiger partial charge is 1.00 e. The Morgan fingerprint density at radius 1 is 0.537 bits per heavy atom. The number of hydrogen-bond acceptors (Lipinski definition) is 12. The van der Waals surface area contributed by atoms with Gasteiger partial charge in [-0.25, -0.2) is 0 Å². The Morgan fingerprint density at radius 3 is 1.78 bits per heavy atom. The number of aromatic nitrogens is 2. The van der Waals surface area contributed by atoms with Crippen LogP contribution in [0.25, 0.3) is 21.5 Å². The number of fused-ring (bicyclic) bond motifs is 14. The van der Waals surface area contributed by atoms with Gasteiger partial charge in [0.05, 0.1) is 0 Å². The summed E-state index contributed by atoms with van der Waals surface area (Å²) in [6, 6.07) is 24.4. The second-order valence-corrected chi connectivity index (χ2v) is 21.7. The molecule has 0 saturated carbocycles. The predicted molar refractivity (Wildman–Crippen MR) is 181 cm³/mol. The summed E-state index contributed by atoms with van der Waals surface area (Å²) in [5.41, 5.74) is 2.79. The quantitative estimate of drug-likeness (QED) is 0.0940. The van der Waals surface area contributed by atoms with Crippen LogP contribution in [0.4, 0.5) is 11.6 Å². The molecular weight excluding hydrogens is 899 g/mol. The van der Waals surface area contributed by atoms with E-state index in [1.54, 1.807) is 32.9 Å². The molecule has 4 aromatic carbocycles. The van der Waals surface area contributed by atoms with Crippen LogP contribution < -0.4 is 129 Å². The monoisotopic (exact) mass is 910 g/mol. The average Bonchev–Trinajstić information content (AvgIpc) is 3.79. The Balaban J connectivity index is 0.00000124. The van der Waals surface area contributed by atoms with Crippen molar-refractivity contribution >= 4 is 106 Å². The van der Waals surface area contributed by atoms with Crippen LogP contribution >= 0.6 is 8.58 Å². The summed E-state index contributed by atoms with van der Waals surface area (Å²) in [6.45, 7) is 0. The van der Waals surface area contributed by atoms with Crippen molar-refractivity contribution in [3.05, 3.63) is 118 Å². The maximum atomic E-state index is 12.3. The first-order valence-corrected chi connectivity index (χ1v) is 24.6. The predicted octanol–water partition coefficient (Wildman–Crippen LogP) is -9.42.